The smallest absolute Gasteiger partial charge is 0.113 e. The van der Waals surface area contributed by atoms with E-state index in [0.717, 1.165) is 39.0 Å². The molecular formula is C11H20FNO. The highest BCUT2D eigenvalue weighted by atomic mass is 19.1. The molecule has 0 unspecified atom stereocenters. The molecule has 2 aliphatic rings. The van der Waals surface area contributed by atoms with E-state index < -0.39 is 6.17 Å². The summed E-state index contributed by atoms with van der Waals surface area (Å²) in [4.78, 5) is 2.33. The molecule has 0 aromatic heterocycles. The molecule has 0 aromatic rings. The number of nitrogens with zero attached hydrogens (tertiary/aromatic N) is 1. The summed E-state index contributed by atoms with van der Waals surface area (Å²) in [5.74, 6) is 0.515. The van der Waals surface area contributed by atoms with Crippen molar-refractivity contribution in [2.75, 3.05) is 26.3 Å². The lowest BCUT2D eigenvalue weighted by molar-refractivity contribution is 0.00122. The van der Waals surface area contributed by atoms with Gasteiger partial charge in [-0.05, 0) is 25.2 Å². The Balaban J connectivity index is 1.88. The fourth-order valence-electron chi connectivity index (χ4n) is 2.66. The molecule has 0 bridgehead atoms. The summed E-state index contributed by atoms with van der Waals surface area (Å²) in [5, 5.41) is 0. The van der Waals surface area contributed by atoms with Crippen LogP contribution in [0.1, 0.15) is 26.2 Å². The highest BCUT2D eigenvalue weighted by Gasteiger charge is 2.30. The van der Waals surface area contributed by atoms with Crippen LogP contribution in [0.25, 0.3) is 0 Å². The van der Waals surface area contributed by atoms with Gasteiger partial charge in [-0.1, -0.05) is 6.92 Å². The molecule has 0 N–H and O–H groups in total. The van der Waals surface area contributed by atoms with Gasteiger partial charge in [0.05, 0.1) is 0 Å². The minimum Gasteiger partial charge on any atom is -0.381 e. The van der Waals surface area contributed by atoms with Crippen LogP contribution in [0.5, 0.6) is 0 Å². The summed E-state index contributed by atoms with van der Waals surface area (Å²) in [5.41, 5.74) is 0. The number of piperidine rings is 1. The molecule has 2 aliphatic heterocycles. The quantitative estimate of drug-likeness (QED) is 0.642. The molecule has 2 nitrogen and oxygen atoms in total. The molecule has 0 radical (unpaired) electrons. The fraction of sp³-hybridized carbons (Fsp3) is 1.00. The third-order valence-electron chi connectivity index (χ3n) is 3.34. The van der Waals surface area contributed by atoms with Crippen LogP contribution >= 0.6 is 0 Å². The van der Waals surface area contributed by atoms with E-state index in [4.69, 9.17) is 4.74 Å². The average Bonchev–Trinajstić information content (AvgIpc) is 2.18. The van der Waals surface area contributed by atoms with E-state index in [1.807, 2.05) is 0 Å². The van der Waals surface area contributed by atoms with Crippen molar-refractivity contribution in [3.63, 3.8) is 0 Å². The lowest BCUT2D eigenvalue weighted by atomic mass is 9.95. The van der Waals surface area contributed by atoms with Crippen LogP contribution in [0.2, 0.25) is 0 Å². The topological polar surface area (TPSA) is 12.5 Å². The minimum absolute atomic E-state index is 0.515. The molecule has 2 saturated heterocycles. The highest BCUT2D eigenvalue weighted by Crippen LogP contribution is 2.24. The summed E-state index contributed by atoms with van der Waals surface area (Å²) in [6.45, 7) is 5.58. The number of ether oxygens (including phenoxy) is 1. The molecule has 0 spiro atoms. The van der Waals surface area contributed by atoms with Crippen molar-refractivity contribution in [3.05, 3.63) is 0 Å². The van der Waals surface area contributed by atoms with Crippen LogP contribution in [-0.4, -0.2) is 43.4 Å². The third kappa shape index (κ3) is 2.45. The van der Waals surface area contributed by atoms with Crippen molar-refractivity contribution in [2.24, 2.45) is 5.92 Å². The molecule has 3 heteroatoms. The van der Waals surface area contributed by atoms with Crippen molar-refractivity contribution < 1.29 is 9.13 Å². The van der Waals surface area contributed by atoms with Gasteiger partial charge in [-0.25, -0.2) is 4.39 Å². The van der Waals surface area contributed by atoms with Gasteiger partial charge < -0.3 is 4.74 Å². The number of hydrogen-bond acceptors (Lipinski definition) is 2. The average molecular weight is 201 g/mol. The van der Waals surface area contributed by atoms with Gasteiger partial charge in [0.2, 0.25) is 0 Å². The van der Waals surface area contributed by atoms with Gasteiger partial charge >= 0.3 is 0 Å². The Kier molecular flexibility index (Phi) is 3.39. The molecule has 0 amide bonds. The monoisotopic (exact) mass is 201 g/mol. The Hall–Kier alpha value is -0.150. The van der Waals surface area contributed by atoms with Crippen molar-refractivity contribution in [2.45, 2.75) is 38.4 Å². The number of likely N-dealkylation sites (tertiary alicyclic amines) is 1. The van der Waals surface area contributed by atoms with Gasteiger partial charge in [-0.15, -0.1) is 0 Å². The lowest BCUT2D eigenvalue weighted by Crippen LogP contribution is -2.48. The van der Waals surface area contributed by atoms with Crippen LogP contribution in [0.4, 0.5) is 4.39 Å². The summed E-state index contributed by atoms with van der Waals surface area (Å²) in [6, 6.07) is 0.574. The first-order chi connectivity index (χ1) is 6.75. The Bertz CT molecular complexity index is 172. The molecule has 82 valence electrons. The molecule has 2 fully saturated rings. The van der Waals surface area contributed by atoms with E-state index in [-0.39, 0.29) is 0 Å². The van der Waals surface area contributed by atoms with E-state index in [0.29, 0.717) is 18.5 Å². The second kappa shape index (κ2) is 4.58. The standard InChI is InChI=1S/C11H20FNO/c1-9-6-10(12)8-13(7-9)11-2-4-14-5-3-11/h9-11H,2-8H2,1H3/t9-,10-/m1/s1. The van der Waals surface area contributed by atoms with Gasteiger partial charge in [0.25, 0.3) is 0 Å². The highest BCUT2D eigenvalue weighted by molar-refractivity contribution is 4.83. The van der Waals surface area contributed by atoms with Gasteiger partial charge in [0.1, 0.15) is 6.17 Å². The third-order valence-corrected chi connectivity index (χ3v) is 3.34. The second-order valence-corrected chi connectivity index (χ2v) is 4.74. The summed E-state index contributed by atoms with van der Waals surface area (Å²) < 4.78 is 18.7. The maximum atomic E-state index is 13.4. The Labute approximate surface area is 85.4 Å². The summed E-state index contributed by atoms with van der Waals surface area (Å²) in [6.07, 6.45) is 2.31. The minimum atomic E-state index is -0.610. The summed E-state index contributed by atoms with van der Waals surface area (Å²) >= 11 is 0. The zero-order valence-corrected chi connectivity index (χ0v) is 8.92. The normalized spacial score (nSPS) is 37.3. The predicted molar refractivity (Wildman–Crippen MR) is 54.1 cm³/mol. The van der Waals surface area contributed by atoms with E-state index in [9.17, 15) is 4.39 Å². The van der Waals surface area contributed by atoms with Crippen molar-refractivity contribution >= 4 is 0 Å². The van der Waals surface area contributed by atoms with Gasteiger partial charge in [0.15, 0.2) is 0 Å². The number of rotatable bonds is 1. The molecular weight excluding hydrogens is 181 g/mol. The summed E-state index contributed by atoms with van der Waals surface area (Å²) in [7, 11) is 0. The zero-order chi connectivity index (χ0) is 9.97. The molecule has 2 heterocycles. The fourth-order valence-corrected chi connectivity index (χ4v) is 2.66. The van der Waals surface area contributed by atoms with Gasteiger partial charge in [-0.2, -0.15) is 0 Å². The van der Waals surface area contributed by atoms with Crippen LogP contribution in [0.3, 0.4) is 0 Å². The molecule has 2 rings (SSSR count). The number of halogens is 1. The second-order valence-electron chi connectivity index (χ2n) is 4.74. The maximum absolute atomic E-state index is 13.4. The maximum Gasteiger partial charge on any atom is 0.113 e. The van der Waals surface area contributed by atoms with Gasteiger partial charge in [0, 0.05) is 32.3 Å². The first kappa shape index (κ1) is 10.4. The first-order valence-corrected chi connectivity index (χ1v) is 5.71. The van der Waals surface area contributed by atoms with Crippen LogP contribution in [-0.2, 0) is 4.74 Å². The van der Waals surface area contributed by atoms with E-state index in [2.05, 4.69) is 11.8 Å². The largest absolute Gasteiger partial charge is 0.381 e. The van der Waals surface area contributed by atoms with E-state index >= 15 is 0 Å². The van der Waals surface area contributed by atoms with Crippen molar-refractivity contribution in [1.29, 1.82) is 0 Å². The molecule has 2 atom stereocenters. The van der Waals surface area contributed by atoms with Crippen LogP contribution in [0.15, 0.2) is 0 Å². The van der Waals surface area contributed by atoms with E-state index in [1.165, 1.54) is 0 Å². The first-order valence-electron chi connectivity index (χ1n) is 5.71. The van der Waals surface area contributed by atoms with Crippen molar-refractivity contribution in [1.82, 2.24) is 4.90 Å². The zero-order valence-electron chi connectivity index (χ0n) is 8.92. The molecule has 14 heavy (non-hydrogen) atoms. The Morgan fingerprint density at radius 2 is 1.93 bits per heavy atom. The van der Waals surface area contributed by atoms with Crippen molar-refractivity contribution in [3.8, 4) is 0 Å². The molecule has 0 aliphatic carbocycles. The Morgan fingerprint density at radius 1 is 1.21 bits per heavy atom. The molecule has 0 saturated carbocycles. The lowest BCUT2D eigenvalue weighted by Gasteiger charge is -2.40. The number of hydrogen-bond donors (Lipinski definition) is 0. The SMILES string of the molecule is C[C@@H]1C[C@@H](F)CN(C2CCOCC2)C1. The van der Waals surface area contributed by atoms with Crippen LogP contribution in [0, 0.1) is 5.92 Å². The Morgan fingerprint density at radius 3 is 2.57 bits per heavy atom. The molecule has 0 aromatic carbocycles. The van der Waals surface area contributed by atoms with Gasteiger partial charge in [-0.3, -0.25) is 4.90 Å². The van der Waals surface area contributed by atoms with Crippen LogP contribution < -0.4 is 0 Å². The number of alkyl halides is 1. The van der Waals surface area contributed by atoms with E-state index in [1.54, 1.807) is 0 Å². The predicted octanol–water partition coefficient (Wildman–Crippen LogP) is 1.85.